The summed E-state index contributed by atoms with van der Waals surface area (Å²) in [5, 5.41) is 19.2. The fraction of sp³-hybridized carbons (Fsp3) is 0.316. The Morgan fingerprint density at radius 3 is 2.68 bits per heavy atom. The Labute approximate surface area is 160 Å². The number of piperidine rings is 1. The first kappa shape index (κ1) is 17.9. The number of likely N-dealkylation sites (tertiary alicyclic amines) is 1. The summed E-state index contributed by atoms with van der Waals surface area (Å²) in [5.74, 6) is 1.26. The molecule has 3 heterocycles. The van der Waals surface area contributed by atoms with Crippen LogP contribution >= 0.6 is 0 Å². The van der Waals surface area contributed by atoms with Crippen molar-refractivity contribution < 1.29 is 18.6 Å². The van der Waals surface area contributed by atoms with Gasteiger partial charge in [-0.1, -0.05) is 6.07 Å². The molecule has 1 fully saturated rings. The van der Waals surface area contributed by atoms with E-state index in [0.717, 1.165) is 0 Å². The molecule has 0 saturated carbocycles. The maximum Gasteiger partial charge on any atom is 0.283 e. The van der Waals surface area contributed by atoms with Crippen molar-refractivity contribution in [2.75, 3.05) is 13.1 Å². The number of hydrogen-bond acceptors (Lipinski definition) is 7. The second-order valence-electron chi connectivity index (χ2n) is 6.70. The number of benzene rings is 1. The van der Waals surface area contributed by atoms with Gasteiger partial charge in [-0.25, -0.2) is 0 Å². The predicted molar refractivity (Wildman–Crippen MR) is 97.7 cm³/mol. The van der Waals surface area contributed by atoms with Gasteiger partial charge < -0.3 is 13.7 Å². The van der Waals surface area contributed by atoms with Crippen LogP contribution in [0.25, 0.3) is 11.7 Å². The number of nitrogens with zero attached hydrogens (tertiary/aromatic N) is 4. The van der Waals surface area contributed by atoms with E-state index in [1.165, 1.54) is 6.07 Å². The fourth-order valence-corrected chi connectivity index (χ4v) is 3.45. The lowest BCUT2D eigenvalue weighted by atomic mass is 9.95. The molecule has 0 radical (unpaired) electrons. The van der Waals surface area contributed by atoms with E-state index in [1.54, 1.807) is 42.4 Å². The molecule has 0 unspecified atom stereocenters. The molecule has 4 rings (SSSR count). The van der Waals surface area contributed by atoms with Gasteiger partial charge in [0.15, 0.2) is 5.76 Å². The summed E-state index contributed by atoms with van der Waals surface area (Å²) in [6.45, 7) is 2.64. The van der Waals surface area contributed by atoms with Crippen molar-refractivity contribution >= 4 is 11.6 Å². The van der Waals surface area contributed by atoms with E-state index in [-0.39, 0.29) is 17.5 Å². The highest BCUT2D eigenvalue weighted by molar-refractivity contribution is 5.96. The fourth-order valence-electron chi connectivity index (χ4n) is 3.45. The Balaban J connectivity index is 1.44. The number of rotatable bonds is 4. The molecule has 1 amide bonds. The predicted octanol–water partition coefficient (Wildman–Crippen LogP) is 3.57. The van der Waals surface area contributed by atoms with Gasteiger partial charge in [-0.2, -0.15) is 0 Å². The van der Waals surface area contributed by atoms with Gasteiger partial charge in [0.05, 0.1) is 11.2 Å². The third kappa shape index (κ3) is 3.26. The SMILES string of the molecule is Cc1c(C(=O)N2CCC(c3nnc(-c4ccco4)o3)CC2)cccc1[N+](=O)[O-]. The van der Waals surface area contributed by atoms with Crippen LogP contribution in [0.5, 0.6) is 0 Å². The maximum atomic E-state index is 12.8. The van der Waals surface area contributed by atoms with Crippen molar-refractivity contribution in [3.05, 3.63) is 63.7 Å². The third-order valence-electron chi connectivity index (χ3n) is 5.04. The van der Waals surface area contributed by atoms with Crippen LogP contribution in [0.4, 0.5) is 5.69 Å². The van der Waals surface area contributed by atoms with Crippen LogP contribution in [0.2, 0.25) is 0 Å². The molecule has 0 aliphatic carbocycles. The number of carbonyl (C=O) groups is 1. The second kappa shape index (κ2) is 7.26. The third-order valence-corrected chi connectivity index (χ3v) is 5.04. The molecule has 144 valence electrons. The van der Waals surface area contributed by atoms with Gasteiger partial charge in [0.25, 0.3) is 17.5 Å². The first-order chi connectivity index (χ1) is 13.5. The van der Waals surface area contributed by atoms with Crippen molar-refractivity contribution in [2.45, 2.75) is 25.7 Å². The van der Waals surface area contributed by atoms with Crippen molar-refractivity contribution in [3.8, 4) is 11.7 Å². The van der Waals surface area contributed by atoms with Crippen molar-refractivity contribution in [1.29, 1.82) is 0 Å². The van der Waals surface area contributed by atoms with Gasteiger partial charge in [0.2, 0.25) is 5.89 Å². The summed E-state index contributed by atoms with van der Waals surface area (Å²) < 4.78 is 11.0. The van der Waals surface area contributed by atoms with Crippen LogP contribution in [0.1, 0.15) is 40.6 Å². The zero-order chi connectivity index (χ0) is 19.7. The Bertz CT molecular complexity index is 1000. The Morgan fingerprint density at radius 1 is 1.21 bits per heavy atom. The van der Waals surface area contributed by atoms with E-state index in [2.05, 4.69) is 10.2 Å². The molecule has 0 bridgehead atoms. The summed E-state index contributed by atoms with van der Waals surface area (Å²) in [6.07, 6.45) is 2.90. The monoisotopic (exact) mass is 382 g/mol. The number of amides is 1. The topological polar surface area (TPSA) is 116 Å². The van der Waals surface area contributed by atoms with E-state index in [4.69, 9.17) is 8.83 Å². The van der Waals surface area contributed by atoms with Gasteiger partial charge in [0, 0.05) is 36.2 Å². The minimum Gasteiger partial charge on any atom is -0.459 e. The van der Waals surface area contributed by atoms with Crippen LogP contribution < -0.4 is 0 Å². The number of hydrogen-bond donors (Lipinski definition) is 0. The van der Waals surface area contributed by atoms with Crippen LogP contribution in [0.15, 0.2) is 45.4 Å². The van der Waals surface area contributed by atoms with E-state index in [1.807, 2.05) is 0 Å². The van der Waals surface area contributed by atoms with Gasteiger partial charge in [-0.05, 0) is 38.0 Å². The normalized spacial score (nSPS) is 15.0. The van der Waals surface area contributed by atoms with Crippen molar-refractivity contribution in [3.63, 3.8) is 0 Å². The van der Waals surface area contributed by atoms with Gasteiger partial charge in [-0.3, -0.25) is 14.9 Å². The highest BCUT2D eigenvalue weighted by Crippen LogP contribution is 2.31. The van der Waals surface area contributed by atoms with Gasteiger partial charge >= 0.3 is 0 Å². The molecule has 1 aromatic carbocycles. The average molecular weight is 382 g/mol. The van der Waals surface area contributed by atoms with Crippen LogP contribution in [-0.4, -0.2) is 39.0 Å². The molecule has 28 heavy (non-hydrogen) atoms. The van der Waals surface area contributed by atoms with Crippen LogP contribution in [0, 0.1) is 17.0 Å². The first-order valence-electron chi connectivity index (χ1n) is 8.95. The smallest absolute Gasteiger partial charge is 0.283 e. The molecule has 0 N–H and O–H groups in total. The molecular weight excluding hydrogens is 364 g/mol. The van der Waals surface area contributed by atoms with Crippen LogP contribution in [-0.2, 0) is 0 Å². The molecule has 1 saturated heterocycles. The summed E-state index contributed by atoms with van der Waals surface area (Å²) in [5.41, 5.74) is 0.710. The number of carbonyl (C=O) groups excluding carboxylic acids is 1. The molecule has 0 spiro atoms. The zero-order valence-corrected chi connectivity index (χ0v) is 15.2. The molecule has 2 aromatic heterocycles. The highest BCUT2D eigenvalue weighted by Gasteiger charge is 2.29. The number of aromatic nitrogens is 2. The Morgan fingerprint density at radius 2 is 2.00 bits per heavy atom. The molecule has 3 aromatic rings. The lowest BCUT2D eigenvalue weighted by Crippen LogP contribution is -2.38. The molecule has 9 heteroatoms. The zero-order valence-electron chi connectivity index (χ0n) is 15.2. The number of furan rings is 1. The molecular formula is C19H18N4O5. The summed E-state index contributed by atoms with van der Waals surface area (Å²) in [4.78, 5) is 25.2. The molecule has 9 nitrogen and oxygen atoms in total. The quantitative estimate of drug-likeness (QED) is 0.500. The van der Waals surface area contributed by atoms with E-state index >= 15 is 0 Å². The van der Waals surface area contributed by atoms with Gasteiger partial charge in [-0.15, -0.1) is 10.2 Å². The summed E-state index contributed by atoms with van der Waals surface area (Å²) in [6, 6.07) is 8.08. The van der Waals surface area contributed by atoms with Crippen LogP contribution in [0.3, 0.4) is 0 Å². The van der Waals surface area contributed by atoms with E-state index in [0.29, 0.717) is 54.6 Å². The maximum absolute atomic E-state index is 12.8. The van der Waals surface area contributed by atoms with Crippen molar-refractivity contribution in [1.82, 2.24) is 15.1 Å². The highest BCUT2D eigenvalue weighted by atomic mass is 16.6. The number of nitro benzene ring substituents is 1. The molecule has 1 aliphatic rings. The minimum absolute atomic E-state index is 0.0444. The molecule has 1 aliphatic heterocycles. The first-order valence-corrected chi connectivity index (χ1v) is 8.95. The van der Waals surface area contributed by atoms with Gasteiger partial charge in [0.1, 0.15) is 0 Å². The second-order valence-corrected chi connectivity index (χ2v) is 6.70. The van der Waals surface area contributed by atoms with E-state index in [9.17, 15) is 14.9 Å². The lowest BCUT2D eigenvalue weighted by molar-refractivity contribution is -0.385. The average Bonchev–Trinajstić information content (AvgIpc) is 3.39. The van der Waals surface area contributed by atoms with Crippen molar-refractivity contribution in [2.24, 2.45) is 0 Å². The Kier molecular flexibility index (Phi) is 4.64. The Hall–Kier alpha value is -3.49. The van der Waals surface area contributed by atoms with E-state index < -0.39 is 4.92 Å². The summed E-state index contributed by atoms with van der Waals surface area (Å²) >= 11 is 0. The summed E-state index contributed by atoms with van der Waals surface area (Å²) in [7, 11) is 0. The number of nitro groups is 1. The standard InChI is InChI=1S/C19H18N4O5/c1-12-14(4-2-5-15(12)23(25)26)19(24)22-9-7-13(8-10-22)17-20-21-18(28-17)16-6-3-11-27-16/h2-6,11,13H,7-10H2,1H3. The largest absolute Gasteiger partial charge is 0.459 e. The lowest BCUT2D eigenvalue weighted by Gasteiger charge is -2.30. The molecule has 0 atom stereocenters. The minimum atomic E-state index is -0.468.